The van der Waals surface area contributed by atoms with Crippen LogP contribution in [-0.2, 0) is 4.79 Å². The van der Waals surface area contributed by atoms with Gasteiger partial charge in [0, 0.05) is 17.4 Å². The lowest BCUT2D eigenvalue weighted by Gasteiger charge is -2.02. The first-order valence-electron chi connectivity index (χ1n) is 8.12. The Hall–Kier alpha value is -2.12. The number of anilines is 1. The standard InChI is InChI=1S/C17H21N3O3S/c18-8-4-2-1-3-5-16(21)20-17-19-13(10-24-17)12-6-7-14-15(9-12)23-11-22-14/h6-7,9-10H,1-5,8,11,18H2,(H,19,20,21). The van der Waals surface area contributed by atoms with Crippen LogP contribution >= 0.6 is 11.3 Å². The monoisotopic (exact) mass is 347 g/mol. The summed E-state index contributed by atoms with van der Waals surface area (Å²) < 4.78 is 10.7. The first-order chi connectivity index (χ1) is 11.8. The normalized spacial score (nSPS) is 12.4. The lowest BCUT2D eigenvalue weighted by atomic mass is 10.1. The summed E-state index contributed by atoms with van der Waals surface area (Å²) in [4.78, 5) is 16.4. The number of nitrogens with zero attached hydrogens (tertiary/aromatic N) is 1. The Labute approximate surface area is 145 Å². The van der Waals surface area contributed by atoms with Crippen molar-refractivity contribution in [3.63, 3.8) is 0 Å². The number of carbonyl (C=O) groups is 1. The third-order valence-electron chi connectivity index (χ3n) is 3.78. The third kappa shape index (κ3) is 4.24. The Kier molecular flexibility index (Phi) is 5.66. The van der Waals surface area contributed by atoms with Crippen molar-refractivity contribution < 1.29 is 14.3 Å². The van der Waals surface area contributed by atoms with Gasteiger partial charge in [-0.3, -0.25) is 4.79 Å². The van der Waals surface area contributed by atoms with Gasteiger partial charge in [0.25, 0.3) is 0 Å². The molecule has 7 heteroatoms. The summed E-state index contributed by atoms with van der Waals surface area (Å²) in [6, 6.07) is 5.71. The van der Waals surface area contributed by atoms with E-state index in [9.17, 15) is 4.79 Å². The highest BCUT2D eigenvalue weighted by Crippen LogP contribution is 2.36. The molecule has 0 saturated carbocycles. The molecule has 24 heavy (non-hydrogen) atoms. The van der Waals surface area contributed by atoms with Crippen molar-refractivity contribution in [2.45, 2.75) is 32.1 Å². The van der Waals surface area contributed by atoms with Gasteiger partial charge in [0.2, 0.25) is 12.7 Å². The number of benzene rings is 1. The second-order valence-electron chi connectivity index (χ2n) is 5.61. The van der Waals surface area contributed by atoms with Crippen LogP contribution < -0.4 is 20.5 Å². The van der Waals surface area contributed by atoms with E-state index < -0.39 is 0 Å². The maximum atomic E-state index is 11.9. The van der Waals surface area contributed by atoms with Gasteiger partial charge in [-0.1, -0.05) is 12.8 Å². The topological polar surface area (TPSA) is 86.5 Å². The summed E-state index contributed by atoms with van der Waals surface area (Å²) >= 11 is 1.42. The van der Waals surface area contributed by atoms with E-state index in [0.717, 1.165) is 48.4 Å². The summed E-state index contributed by atoms with van der Waals surface area (Å²) in [7, 11) is 0. The van der Waals surface area contributed by atoms with E-state index in [1.807, 2.05) is 23.6 Å². The van der Waals surface area contributed by atoms with Crippen LogP contribution in [0.3, 0.4) is 0 Å². The third-order valence-corrected chi connectivity index (χ3v) is 4.53. The molecule has 1 aromatic heterocycles. The lowest BCUT2D eigenvalue weighted by molar-refractivity contribution is -0.116. The second-order valence-corrected chi connectivity index (χ2v) is 6.47. The molecule has 0 radical (unpaired) electrons. The average molecular weight is 347 g/mol. The van der Waals surface area contributed by atoms with Crippen LogP contribution in [0, 0.1) is 0 Å². The van der Waals surface area contributed by atoms with E-state index in [1.54, 1.807) is 0 Å². The van der Waals surface area contributed by atoms with E-state index in [1.165, 1.54) is 11.3 Å². The number of carbonyl (C=O) groups excluding carboxylic acids is 1. The fourth-order valence-corrected chi connectivity index (χ4v) is 3.22. The number of hydrogen-bond acceptors (Lipinski definition) is 6. The molecule has 0 atom stereocenters. The maximum Gasteiger partial charge on any atom is 0.231 e. The van der Waals surface area contributed by atoms with Gasteiger partial charge in [-0.2, -0.15) is 0 Å². The quantitative estimate of drug-likeness (QED) is 0.715. The summed E-state index contributed by atoms with van der Waals surface area (Å²) in [5.74, 6) is 1.48. The van der Waals surface area contributed by atoms with Crippen LogP contribution in [0.4, 0.5) is 5.13 Å². The van der Waals surface area contributed by atoms with Crippen LogP contribution in [-0.4, -0.2) is 24.2 Å². The van der Waals surface area contributed by atoms with Crippen molar-refractivity contribution in [1.82, 2.24) is 4.98 Å². The number of amides is 1. The summed E-state index contributed by atoms with van der Waals surface area (Å²) in [5.41, 5.74) is 7.21. The van der Waals surface area contributed by atoms with Gasteiger partial charge in [0.05, 0.1) is 5.69 Å². The van der Waals surface area contributed by atoms with E-state index in [2.05, 4.69) is 10.3 Å². The number of aromatic nitrogens is 1. The predicted molar refractivity (Wildman–Crippen MR) is 94.4 cm³/mol. The Morgan fingerprint density at radius 2 is 2.04 bits per heavy atom. The van der Waals surface area contributed by atoms with E-state index in [-0.39, 0.29) is 12.7 Å². The van der Waals surface area contributed by atoms with Gasteiger partial charge >= 0.3 is 0 Å². The molecule has 3 rings (SSSR count). The number of unbranched alkanes of at least 4 members (excludes halogenated alkanes) is 3. The van der Waals surface area contributed by atoms with Gasteiger partial charge in [-0.05, 0) is 37.6 Å². The molecule has 0 aliphatic carbocycles. The fraction of sp³-hybridized carbons (Fsp3) is 0.412. The minimum atomic E-state index is 0.00864. The molecule has 0 fully saturated rings. The molecule has 1 aliphatic rings. The first kappa shape index (κ1) is 16.7. The van der Waals surface area contributed by atoms with Crippen LogP contribution in [0.2, 0.25) is 0 Å². The van der Waals surface area contributed by atoms with Gasteiger partial charge in [-0.25, -0.2) is 4.98 Å². The second kappa shape index (κ2) is 8.12. The minimum absolute atomic E-state index is 0.00864. The van der Waals surface area contributed by atoms with Gasteiger partial charge in [0.1, 0.15) is 0 Å². The smallest absolute Gasteiger partial charge is 0.231 e. The molecule has 6 nitrogen and oxygen atoms in total. The molecule has 2 aromatic rings. The molecule has 1 aromatic carbocycles. The van der Waals surface area contributed by atoms with Gasteiger partial charge in [-0.15, -0.1) is 11.3 Å². The van der Waals surface area contributed by atoms with Crippen molar-refractivity contribution in [2.24, 2.45) is 5.73 Å². The lowest BCUT2D eigenvalue weighted by Crippen LogP contribution is -2.10. The highest BCUT2D eigenvalue weighted by Gasteiger charge is 2.15. The maximum absolute atomic E-state index is 11.9. The first-order valence-corrected chi connectivity index (χ1v) is 8.99. The van der Waals surface area contributed by atoms with Crippen LogP contribution in [0.1, 0.15) is 32.1 Å². The van der Waals surface area contributed by atoms with Crippen LogP contribution in [0.5, 0.6) is 11.5 Å². The van der Waals surface area contributed by atoms with Crippen molar-refractivity contribution in [3.8, 4) is 22.8 Å². The SMILES string of the molecule is NCCCCCCC(=O)Nc1nc(-c2ccc3c(c2)OCO3)cs1. The molecule has 0 spiro atoms. The number of nitrogens with two attached hydrogens (primary N) is 1. The highest BCUT2D eigenvalue weighted by molar-refractivity contribution is 7.14. The van der Waals surface area contributed by atoms with Crippen molar-refractivity contribution in [3.05, 3.63) is 23.6 Å². The molecule has 2 heterocycles. The zero-order valence-corrected chi connectivity index (χ0v) is 14.2. The number of hydrogen-bond donors (Lipinski definition) is 2. The van der Waals surface area contributed by atoms with Crippen molar-refractivity contribution in [1.29, 1.82) is 0 Å². The van der Waals surface area contributed by atoms with Crippen LogP contribution in [0.25, 0.3) is 11.3 Å². The molecule has 0 saturated heterocycles. The van der Waals surface area contributed by atoms with Gasteiger partial charge in [0.15, 0.2) is 16.6 Å². The molecule has 128 valence electrons. The molecule has 1 amide bonds. The fourth-order valence-electron chi connectivity index (χ4n) is 2.48. The highest BCUT2D eigenvalue weighted by atomic mass is 32.1. The van der Waals surface area contributed by atoms with E-state index >= 15 is 0 Å². The van der Waals surface area contributed by atoms with Crippen molar-refractivity contribution >= 4 is 22.4 Å². The molecule has 0 unspecified atom stereocenters. The molecular weight excluding hydrogens is 326 g/mol. The molecule has 3 N–H and O–H groups in total. The van der Waals surface area contributed by atoms with E-state index in [0.29, 0.717) is 18.1 Å². The Morgan fingerprint density at radius 3 is 2.92 bits per heavy atom. The number of rotatable bonds is 8. The number of thiazole rings is 1. The zero-order valence-electron chi connectivity index (χ0n) is 13.4. The average Bonchev–Trinajstić information content (AvgIpc) is 3.22. The Balaban J connectivity index is 1.53. The summed E-state index contributed by atoms with van der Waals surface area (Å²) in [5, 5.41) is 5.41. The zero-order chi connectivity index (χ0) is 16.8. The largest absolute Gasteiger partial charge is 0.454 e. The predicted octanol–water partition coefficient (Wildman–Crippen LogP) is 3.39. The Bertz CT molecular complexity index is 702. The molecule has 1 aliphatic heterocycles. The Morgan fingerprint density at radius 1 is 1.21 bits per heavy atom. The van der Waals surface area contributed by atoms with Gasteiger partial charge < -0.3 is 20.5 Å². The summed E-state index contributed by atoms with van der Waals surface area (Å²) in [6.07, 6.45) is 4.53. The number of fused-ring (bicyclic) bond motifs is 1. The van der Waals surface area contributed by atoms with Crippen LogP contribution in [0.15, 0.2) is 23.6 Å². The summed E-state index contributed by atoms with van der Waals surface area (Å²) in [6.45, 7) is 0.969. The number of ether oxygens (including phenoxy) is 2. The molecule has 0 bridgehead atoms. The number of nitrogens with one attached hydrogen (secondary N) is 1. The van der Waals surface area contributed by atoms with E-state index in [4.69, 9.17) is 15.2 Å². The molecular formula is C17H21N3O3S. The minimum Gasteiger partial charge on any atom is -0.454 e. The van der Waals surface area contributed by atoms with Crippen molar-refractivity contribution in [2.75, 3.05) is 18.7 Å².